The molecule has 70 valence electrons. The van der Waals surface area contributed by atoms with E-state index < -0.39 is 12.1 Å². The van der Waals surface area contributed by atoms with E-state index in [0.29, 0.717) is 6.61 Å². The number of ether oxygens (including phenoxy) is 1. The van der Waals surface area contributed by atoms with E-state index in [1.54, 1.807) is 0 Å². The third-order valence-corrected chi connectivity index (χ3v) is 2.10. The zero-order valence-corrected chi connectivity index (χ0v) is 7.19. The number of carbonyl (C=O) groups excluding carboxylic acids is 1. The molecule has 1 saturated heterocycles. The first kappa shape index (κ1) is 9.64. The highest BCUT2D eigenvalue weighted by atomic mass is 16.5. The van der Waals surface area contributed by atoms with Gasteiger partial charge < -0.3 is 15.6 Å². The van der Waals surface area contributed by atoms with Gasteiger partial charge in [0, 0.05) is 6.61 Å². The molecule has 0 amide bonds. The topological polar surface area (TPSA) is 72.5 Å². The second-order valence-corrected chi connectivity index (χ2v) is 3.17. The Hall–Kier alpha value is -0.450. The van der Waals surface area contributed by atoms with Gasteiger partial charge in [-0.15, -0.1) is 0 Å². The van der Waals surface area contributed by atoms with Gasteiger partial charge in [0.1, 0.15) is 6.10 Å². The van der Waals surface area contributed by atoms with Crippen molar-refractivity contribution >= 4 is 5.78 Å². The monoisotopic (exact) mass is 173 g/mol. The Balaban J connectivity index is 2.45. The Kier molecular flexibility index (Phi) is 3.20. The molecule has 1 fully saturated rings. The average molecular weight is 173 g/mol. The van der Waals surface area contributed by atoms with E-state index in [1.165, 1.54) is 6.92 Å². The zero-order chi connectivity index (χ0) is 9.14. The largest absolute Gasteiger partial charge is 0.391 e. The normalized spacial score (nSPS) is 28.4. The van der Waals surface area contributed by atoms with Gasteiger partial charge in [-0.1, -0.05) is 0 Å². The maximum absolute atomic E-state index is 11.4. The first-order valence-electron chi connectivity index (χ1n) is 4.22. The highest BCUT2D eigenvalue weighted by Gasteiger charge is 2.30. The maximum atomic E-state index is 11.4. The third kappa shape index (κ3) is 2.03. The van der Waals surface area contributed by atoms with Crippen molar-refractivity contribution in [2.45, 2.75) is 38.0 Å². The second-order valence-electron chi connectivity index (χ2n) is 3.17. The van der Waals surface area contributed by atoms with Crippen LogP contribution in [0.2, 0.25) is 0 Å². The van der Waals surface area contributed by atoms with Crippen molar-refractivity contribution in [3.8, 4) is 0 Å². The molecule has 4 heteroatoms. The molecule has 12 heavy (non-hydrogen) atoms. The summed E-state index contributed by atoms with van der Waals surface area (Å²) in [6, 6.07) is -0.798. The Morgan fingerprint density at radius 3 is 2.83 bits per heavy atom. The molecule has 0 aromatic rings. The smallest absolute Gasteiger partial charge is 0.180 e. The summed E-state index contributed by atoms with van der Waals surface area (Å²) in [6.45, 7) is 2.14. The van der Waals surface area contributed by atoms with Crippen LogP contribution in [0, 0.1) is 0 Å². The average Bonchev–Trinajstić information content (AvgIpc) is 2.53. The van der Waals surface area contributed by atoms with Crippen molar-refractivity contribution in [3.05, 3.63) is 0 Å². The van der Waals surface area contributed by atoms with Crippen LogP contribution >= 0.6 is 0 Å². The molecule has 1 heterocycles. The van der Waals surface area contributed by atoms with Crippen LogP contribution in [0.4, 0.5) is 0 Å². The fourth-order valence-corrected chi connectivity index (χ4v) is 1.25. The van der Waals surface area contributed by atoms with Gasteiger partial charge in [-0.25, -0.2) is 0 Å². The summed E-state index contributed by atoms with van der Waals surface area (Å²) in [5, 5.41) is 9.05. The summed E-state index contributed by atoms with van der Waals surface area (Å²) in [6.07, 6.45) is 0.471. The standard InChI is InChI=1S/C8H15NO3/c1-5(10)7(9)8(11)6-3-2-4-12-6/h5-7,10H,2-4,9H2,1H3/t5-,6?,7+/m1/s1. The second kappa shape index (κ2) is 3.98. The molecule has 0 spiro atoms. The summed E-state index contributed by atoms with van der Waals surface area (Å²) < 4.78 is 5.15. The van der Waals surface area contributed by atoms with E-state index in [2.05, 4.69) is 0 Å². The summed E-state index contributed by atoms with van der Waals surface area (Å²) in [5.74, 6) is -0.178. The predicted octanol–water partition coefficient (Wildman–Crippen LogP) is -0.557. The molecule has 0 aromatic heterocycles. The number of Topliss-reactive ketones (excluding diaryl/α,β-unsaturated/α-hetero) is 1. The number of carbonyl (C=O) groups is 1. The molecule has 0 radical (unpaired) electrons. The minimum absolute atomic E-state index is 0.178. The summed E-state index contributed by atoms with van der Waals surface area (Å²) in [5.41, 5.74) is 5.46. The van der Waals surface area contributed by atoms with Gasteiger partial charge in [0.25, 0.3) is 0 Å². The molecule has 1 unspecified atom stereocenters. The Labute approximate surface area is 71.7 Å². The molecule has 0 bridgehead atoms. The molecule has 4 nitrogen and oxygen atoms in total. The Morgan fingerprint density at radius 2 is 2.42 bits per heavy atom. The Bertz CT molecular complexity index is 160. The van der Waals surface area contributed by atoms with Crippen molar-refractivity contribution in [3.63, 3.8) is 0 Å². The van der Waals surface area contributed by atoms with Crippen LogP contribution in [-0.4, -0.2) is 35.7 Å². The maximum Gasteiger partial charge on any atom is 0.180 e. The van der Waals surface area contributed by atoms with Gasteiger partial charge in [0.2, 0.25) is 0 Å². The van der Waals surface area contributed by atoms with E-state index >= 15 is 0 Å². The van der Waals surface area contributed by atoms with Crippen molar-refractivity contribution in [2.75, 3.05) is 6.61 Å². The lowest BCUT2D eigenvalue weighted by atomic mass is 10.0. The van der Waals surface area contributed by atoms with Crippen LogP contribution in [0.15, 0.2) is 0 Å². The fraction of sp³-hybridized carbons (Fsp3) is 0.875. The van der Waals surface area contributed by atoms with E-state index in [0.717, 1.165) is 12.8 Å². The van der Waals surface area contributed by atoms with Gasteiger partial charge in [-0.05, 0) is 19.8 Å². The van der Waals surface area contributed by atoms with Crippen LogP contribution in [0.3, 0.4) is 0 Å². The highest BCUT2D eigenvalue weighted by Crippen LogP contribution is 2.14. The summed E-state index contributed by atoms with van der Waals surface area (Å²) >= 11 is 0. The van der Waals surface area contributed by atoms with Gasteiger partial charge in [0.05, 0.1) is 12.1 Å². The van der Waals surface area contributed by atoms with Crippen molar-refractivity contribution in [1.29, 1.82) is 0 Å². The van der Waals surface area contributed by atoms with Crippen LogP contribution in [0.5, 0.6) is 0 Å². The number of aliphatic hydroxyl groups excluding tert-OH is 1. The zero-order valence-electron chi connectivity index (χ0n) is 7.19. The molecule has 1 aliphatic heterocycles. The van der Waals surface area contributed by atoms with Crippen molar-refractivity contribution in [2.24, 2.45) is 5.73 Å². The van der Waals surface area contributed by atoms with Crippen LogP contribution < -0.4 is 5.73 Å². The van der Waals surface area contributed by atoms with Crippen LogP contribution in [-0.2, 0) is 9.53 Å². The molecule has 1 aliphatic rings. The molecule has 1 rings (SSSR count). The minimum atomic E-state index is -0.798. The Morgan fingerprint density at radius 1 is 1.75 bits per heavy atom. The van der Waals surface area contributed by atoms with Gasteiger partial charge >= 0.3 is 0 Å². The number of nitrogens with two attached hydrogens (primary N) is 1. The van der Waals surface area contributed by atoms with E-state index in [-0.39, 0.29) is 11.9 Å². The lowest BCUT2D eigenvalue weighted by Crippen LogP contribution is -2.45. The van der Waals surface area contributed by atoms with Crippen LogP contribution in [0.25, 0.3) is 0 Å². The lowest BCUT2D eigenvalue weighted by molar-refractivity contribution is -0.131. The molecule has 3 atom stereocenters. The quantitative estimate of drug-likeness (QED) is 0.600. The summed E-state index contributed by atoms with van der Waals surface area (Å²) in [4.78, 5) is 11.4. The first-order chi connectivity index (χ1) is 5.63. The number of aliphatic hydroxyl groups is 1. The van der Waals surface area contributed by atoms with E-state index in [4.69, 9.17) is 15.6 Å². The minimum Gasteiger partial charge on any atom is -0.391 e. The summed E-state index contributed by atoms with van der Waals surface area (Å²) in [7, 11) is 0. The van der Waals surface area contributed by atoms with Gasteiger partial charge in [-0.3, -0.25) is 4.79 Å². The lowest BCUT2D eigenvalue weighted by Gasteiger charge is -2.16. The third-order valence-electron chi connectivity index (χ3n) is 2.10. The highest BCUT2D eigenvalue weighted by molar-refractivity contribution is 5.88. The van der Waals surface area contributed by atoms with E-state index in [1.807, 2.05) is 0 Å². The molecule has 0 aliphatic carbocycles. The first-order valence-corrected chi connectivity index (χ1v) is 4.22. The van der Waals surface area contributed by atoms with E-state index in [9.17, 15) is 4.79 Å². The number of ketones is 1. The number of hydrogen-bond donors (Lipinski definition) is 2. The molecule has 0 saturated carbocycles. The molecule has 0 aromatic carbocycles. The molecular weight excluding hydrogens is 158 g/mol. The number of hydrogen-bond acceptors (Lipinski definition) is 4. The van der Waals surface area contributed by atoms with Crippen molar-refractivity contribution in [1.82, 2.24) is 0 Å². The van der Waals surface area contributed by atoms with Crippen LogP contribution in [0.1, 0.15) is 19.8 Å². The van der Waals surface area contributed by atoms with Gasteiger partial charge in [0.15, 0.2) is 5.78 Å². The molecule has 3 N–H and O–H groups in total. The molecular formula is C8H15NO3. The SMILES string of the molecule is C[C@@H](O)[C@H](N)C(=O)C1CCCO1. The van der Waals surface area contributed by atoms with Gasteiger partial charge in [-0.2, -0.15) is 0 Å². The fourth-order valence-electron chi connectivity index (χ4n) is 1.25. The predicted molar refractivity (Wildman–Crippen MR) is 43.6 cm³/mol. The number of rotatable bonds is 3. The van der Waals surface area contributed by atoms with Crippen molar-refractivity contribution < 1.29 is 14.6 Å².